The molecule has 1 unspecified atom stereocenters. The van der Waals surface area contributed by atoms with Crippen LogP contribution in [0.4, 0.5) is 5.69 Å². The number of nitrogens with one attached hydrogen (secondary N) is 1. The van der Waals surface area contributed by atoms with Crippen LogP contribution >= 0.6 is 0 Å². The number of benzene rings is 1. The molecule has 3 nitrogen and oxygen atoms in total. The summed E-state index contributed by atoms with van der Waals surface area (Å²) < 4.78 is 0. The van der Waals surface area contributed by atoms with Crippen molar-refractivity contribution in [3.63, 3.8) is 0 Å². The van der Waals surface area contributed by atoms with Gasteiger partial charge in [0.05, 0.1) is 12.5 Å². The molecule has 0 heterocycles. The van der Waals surface area contributed by atoms with Crippen LogP contribution in [-0.2, 0) is 0 Å². The van der Waals surface area contributed by atoms with Gasteiger partial charge < -0.3 is 10.2 Å². The van der Waals surface area contributed by atoms with Gasteiger partial charge in [-0.2, -0.15) is 5.26 Å². The fourth-order valence-corrected chi connectivity index (χ4v) is 1.69. The van der Waals surface area contributed by atoms with E-state index in [0.29, 0.717) is 12.5 Å². The van der Waals surface area contributed by atoms with Crippen LogP contribution in [0.15, 0.2) is 30.3 Å². The first-order valence-electron chi connectivity index (χ1n) is 6.10. The summed E-state index contributed by atoms with van der Waals surface area (Å²) in [6.45, 7) is 4.03. The van der Waals surface area contributed by atoms with Crippen molar-refractivity contribution in [3.8, 4) is 6.07 Å². The number of nitrogens with zero attached hydrogens (tertiary/aromatic N) is 2. The Hall–Kier alpha value is -1.53. The van der Waals surface area contributed by atoms with Crippen molar-refractivity contribution in [2.45, 2.75) is 25.8 Å². The van der Waals surface area contributed by atoms with Gasteiger partial charge in [-0.25, -0.2) is 0 Å². The molecule has 0 aliphatic rings. The van der Waals surface area contributed by atoms with Crippen LogP contribution in [0.1, 0.15) is 19.8 Å². The van der Waals surface area contributed by atoms with E-state index >= 15 is 0 Å². The van der Waals surface area contributed by atoms with Crippen molar-refractivity contribution in [1.29, 1.82) is 5.26 Å². The van der Waals surface area contributed by atoms with Crippen molar-refractivity contribution in [3.05, 3.63) is 30.3 Å². The molecule has 0 aliphatic heterocycles. The maximum atomic E-state index is 8.53. The fraction of sp³-hybridized carbons (Fsp3) is 0.500. The molecule has 3 heteroatoms. The quantitative estimate of drug-likeness (QED) is 0.732. The molecule has 1 aromatic carbocycles. The highest BCUT2D eigenvalue weighted by atomic mass is 15.1. The van der Waals surface area contributed by atoms with Crippen LogP contribution in [0.2, 0.25) is 0 Å². The maximum absolute atomic E-state index is 8.53. The third-order valence-electron chi connectivity index (χ3n) is 2.76. The van der Waals surface area contributed by atoms with Crippen LogP contribution in [0.25, 0.3) is 0 Å². The zero-order valence-corrected chi connectivity index (χ0v) is 10.7. The van der Waals surface area contributed by atoms with E-state index in [1.807, 2.05) is 13.0 Å². The molecule has 0 radical (unpaired) electrons. The topological polar surface area (TPSA) is 39.1 Å². The first kappa shape index (κ1) is 13.5. The Morgan fingerprint density at radius 2 is 2.06 bits per heavy atom. The average molecular weight is 231 g/mol. The Bertz CT molecular complexity index is 342. The highest BCUT2D eigenvalue weighted by molar-refractivity contribution is 5.44. The van der Waals surface area contributed by atoms with Gasteiger partial charge in [-0.3, -0.25) is 0 Å². The lowest BCUT2D eigenvalue weighted by molar-refractivity contribution is 0.544. The Balaban J connectivity index is 2.17. The SMILES string of the molecule is CC(CC#N)NCCCN(C)c1ccccc1. The minimum absolute atomic E-state index is 0.294. The fourth-order valence-electron chi connectivity index (χ4n) is 1.69. The van der Waals surface area contributed by atoms with Gasteiger partial charge in [-0.1, -0.05) is 18.2 Å². The van der Waals surface area contributed by atoms with Crippen LogP contribution in [0.3, 0.4) is 0 Å². The van der Waals surface area contributed by atoms with Crippen LogP contribution in [0, 0.1) is 11.3 Å². The predicted molar refractivity (Wildman–Crippen MR) is 72.0 cm³/mol. The first-order valence-corrected chi connectivity index (χ1v) is 6.10. The molecular formula is C14H21N3. The molecule has 17 heavy (non-hydrogen) atoms. The van der Waals surface area contributed by atoms with Crippen molar-refractivity contribution in [1.82, 2.24) is 5.32 Å². The zero-order chi connectivity index (χ0) is 12.5. The Morgan fingerprint density at radius 1 is 1.35 bits per heavy atom. The number of hydrogen-bond acceptors (Lipinski definition) is 3. The summed E-state index contributed by atoms with van der Waals surface area (Å²) >= 11 is 0. The monoisotopic (exact) mass is 231 g/mol. The second-order valence-corrected chi connectivity index (χ2v) is 4.33. The van der Waals surface area contributed by atoms with Gasteiger partial charge in [0.15, 0.2) is 0 Å². The summed E-state index contributed by atoms with van der Waals surface area (Å²) in [6.07, 6.45) is 1.66. The Morgan fingerprint density at radius 3 is 2.71 bits per heavy atom. The Labute approximate surface area is 104 Å². The first-order chi connectivity index (χ1) is 8.24. The predicted octanol–water partition coefficient (Wildman–Crippen LogP) is 2.40. The van der Waals surface area contributed by atoms with Gasteiger partial charge in [0.1, 0.15) is 0 Å². The lowest BCUT2D eigenvalue weighted by Gasteiger charge is -2.19. The third-order valence-corrected chi connectivity index (χ3v) is 2.76. The molecule has 92 valence electrons. The molecule has 1 aromatic rings. The average Bonchev–Trinajstić information content (AvgIpc) is 2.36. The van der Waals surface area contributed by atoms with E-state index < -0.39 is 0 Å². The van der Waals surface area contributed by atoms with Gasteiger partial charge in [-0.15, -0.1) is 0 Å². The van der Waals surface area contributed by atoms with Crippen LogP contribution < -0.4 is 10.2 Å². The Kier molecular flexibility index (Phi) is 6.13. The van der Waals surface area contributed by atoms with E-state index in [0.717, 1.165) is 19.5 Å². The van der Waals surface area contributed by atoms with Crippen LogP contribution in [-0.4, -0.2) is 26.2 Å². The molecular weight excluding hydrogens is 210 g/mol. The minimum atomic E-state index is 0.294. The molecule has 0 bridgehead atoms. The number of anilines is 1. The summed E-state index contributed by atoms with van der Waals surface area (Å²) in [5.74, 6) is 0. The van der Waals surface area contributed by atoms with Gasteiger partial charge in [0, 0.05) is 25.3 Å². The molecule has 1 rings (SSSR count). The second-order valence-electron chi connectivity index (χ2n) is 4.33. The molecule has 0 saturated heterocycles. The number of rotatable bonds is 7. The number of para-hydroxylation sites is 1. The molecule has 0 spiro atoms. The molecule has 0 fully saturated rings. The standard InChI is InChI=1S/C14H21N3/c1-13(9-10-15)16-11-6-12-17(2)14-7-4-3-5-8-14/h3-5,7-8,13,16H,6,9,11-12H2,1-2H3. The normalized spacial score (nSPS) is 11.8. The maximum Gasteiger partial charge on any atom is 0.0638 e. The summed E-state index contributed by atoms with van der Waals surface area (Å²) in [7, 11) is 2.11. The van der Waals surface area contributed by atoms with Gasteiger partial charge in [0.2, 0.25) is 0 Å². The molecule has 0 saturated carbocycles. The summed E-state index contributed by atoms with van der Waals surface area (Å²) in [5.41, 5.74) is 1.25. The van der Waals surface area contributed by atoms with Gasteiger partial charge >= 0.3 is 0 Å². The largest absolute Gasteiger partial charge is 0.375 e. The summed E-state index contributed by atoms with van der Waals surface area (Å²) in [6, 6.07) is 12.8. The van der Waals surface area contributed by atoms with E-state index in [1.165, 1.54) is 5.69 Å². The highest BCUT2D eigenvalue weighted by Gasteiger charge is 2.01. The minimum Gasteiger partial charge on any atom is -0.375 e. The molecule has 1 atom stereocenters. The molecule has 0 amide bonds. The third kappa shape index (κ3) is 5.37. The lowest BCUT2D eigenvalue weighted by Crippen LogP contribution is -2.29. The van der Waals surface area contributed by atoms with E-state index in [2.05, 4.69) is 47.6 Å². The van der Waals surface area contributed by atoms with Crippen LogP contribution in [0.5, 0.6) is 0 Å². The van der Waals surface area contributed by atoms with Gasteiger partial charge in [-0.05, 0) is 32.0 Å². The van der Waals surface area contributed by atoms with E-state index in [9.17, 15) is 0 Å². The lowest BCUT2D eigenvalue weighted by atomic mass is 10.2. The van der Waals surface area contributed by atoms with Crippen molar-refractivity contribution < 1.29 is 0 Å². The summed E-state index contributed by atoms with van der Waals surface area (Å²) in [4.78, 5) is 2.25. The summed E-state index contributed by atoms with van der Waals surface area (Å²) in [5, 5.41) is 11.9. The molecule has 1 N–H and O–H groups in total. The number of nitriles is 1. The molecule has 0 aliphatic carbocycles. The van der Waals surface area contributed by atoms with E-state index in [-0.39, 0.29) is 0 Å². The zero-order valence-electron chi connectivity index (χ0n) is 10.7. The second kappa shape index (κ2) is 7.70. The smallest absolute Gasteiger partial charge is 0.0638 e. The van der Waals surface area contributed by atoms with Gasteiger partial charge in [0.25, 0.3) is 0 Å². The van der Waals surface area contributed by atoms with Crippen molar-refractivity contribution in [2.75, 3.05) is 25.0 Å². The number of hydrogen-bond donors (Lipinski definition) is 1. The van der Waals surface area contributed by atoms with Crippen molar-refractivity contribution in [2.24, 2.45) is 0 Å². The highest BCUT2D eigenvalue weighted by Crippen LogP contribution is 2.10. The molecule has 0 aromatic heterocycles. The van der Waals surface area contributed by atoms with E-state index in [1.54, 1.807) is 0 Å². The van der Waals surface area contributed by atoms with E-state index in [4.69, 9.17) is 5.26 Å². The van der Waals surface area contributed by atoms with Crippen molar-refractivity contribution >= 4 is 5.69 Å².